The standard InChI is InChI=1S/C22H25N5O2/c1-29-14-13-27-21(23-18-6-3-2-5-16(18)22(27)28)19-7-4-12-26(19)20-11-10-17(24-25-20)15-8-9-15/h2-3,5-6,10-11,15,19H,4,7-9,12-14H2,1H3. The van der Waals surface area contributed by atoms with Crippen LogP contribution in [0.2, 0.25) is 0 Å². The van der Waals surface area contributed by atoms with Gasteiger partial charge in [0.05, 0.1) is 35.8 Å². The van der Waals surface area contributed by atoms with Crippen LogP contribution in [0.25, 0.3) is 10.9 Å². The molecule has 1 atom stereocenters. The highest BCUT2D eigenvalue weighted by Gasteiger charge is 2.32. The van der Waals surface area contributed by atoms with Gasteiger partial charge in [-0.3, -0.25) is 9.36 Å². The van der Waals surface area contributed by atoms with E-state index in [0.29, 0.717) is 24.5 Å². The number of methoxy groups -OCH3 is 1. The number of para-hydroxylation sites is 1. The van der Waals surface area contributed by atoms with Crippen molar-refractivity contribution in [3.05, 3.63) is 58.3 Å². The van der Waals surface area contributed by atoms with Crippen molar-refractivity contribution in [3.63, 3.8) is 0 Å². The zero-order chi connectivity index (χ0) is 19.8. The van der Waals surface area contributed by atoms with Crippen molar-refractivity contribution in [2.75, 3.05) is 25.2 Å². The van der Waals surface area contributed by atoms with Gasteiger partial charge in [-0.05, 0) is 49.9 Å². The topological polar surface area (TPSA) is 73.1 Å². The summed E-state index contributed by atoms with van der Waals surface area (Å²) in [6.07, 6.45) is 4.40. The Balaban J connectivity index is 1.56. The van der Waals surface area contributed by atoms with Crippen molar-refractivity contribution in [1.82, 2.24) is 19.7 Å². The number of hydrogen-bond donors (Lipinski definition) is 0. The average molecular weight is 391 g/mol. The highest BCUT2D eigenvalue weighted by Crippen LogP contribution is 2.39. The third kappa shape index (κ3) is 3.40. The number of benzene rings is 1. The number of ether oxygens (including phenoxy) is 1. The quantitative estimate of drug-likeness (QED) is 0.643. The molecule has 29 heavy (non-hydrogen) atoms. The van der Waals surface area contributed by atoms with E-state index in [0.717, 1.165) is 42.2 Å². The van der Waals surface area contributed by atoms with Gasteiger partial charge in [-0.2, -0.15) is 5.10 Å². The summed E-state index contributed by atoms with van der Waals surface area (Å²) in [4.78, 5) is 20.4. The van der Waals surface area contributed by atoms with Crippen molar-refractivity contribution in [2.24, 2.45) is 0 Å². The third-order valence-electron chi connectivity index (χ3n) is 5.92. The Morgan fingerprint density at radius 2 is 1.97 bits per heavy atom. The second-order valence-corrected chi connectivity index (χ2v) is 7.88. The molecule has 1 saturated heterocycles. The minimum absolute atomic E-state index is 0.00485. The Bertz CT molecular complexity index is 1070. The van der Waals surface area contributed by atoms with E-state index in [1.807, 2.05) is 24.3 Å². The predicted molar refractivity (Wildman–Crippen MR) is 111 cm³/mol. The van der Waals surface area contributed by atoms with E-state index >= 15 is 0 Å². The fourth-order valence-corrected chi connectivity index (χ4v) is 4.23. The average Bonchev–Trinajstić information content (AvgIpc) is 3.50. The van der Waals surface area contributed by atoms with Gasteiger partial charge in [0, 0.05) is 19.6 Å². The van der Waals surface area contributed by atoms with Crippen molar-refractivity contribution in [3.8, 4) is 0 Å². The van der Waals surface area contributed by atoms with Crippen LogP contribution < -0.4 is 10.5 Å². The molecule has 2 aromatic heterocycles. The van der Waals surface area contributed by atoms with Crippen LogP contribution in [0.15, 0.2) is 41.2 Å². The summed E-state index contributed by atoms with van der Waals surface area (Å²) in [5.74, 6) is 2.24. The Kier molecular flexibility index (Phi) is 4.75. The molecule has 3 heterocycles. The smallest absolute Gasteiger partial charge is 0.261 e. The number of hydrogen-bond acceptors (Lipinski definition) is 6. The largest absolute Gasteiger partial charge is 0.383 e. The third-order valence-corrected chi connectivity index (χ3v) is 5.92. The van der Waals surface area contributed by atoms with Crippen LogP contribution in [0.5, 0.6) is 0 Å². The van der Waals surface area contributed by atoms with Crippen LogP contribution in [0.3, 0.4) is 0 Å². The van der Waals surface area contributed by atoms with Gasteiger partial charge in [0.25, 0.3) is 5.56 Å². The van der Waals surface area contributed by atoms with Crippen molar-refractivity contribution >= 4 is 16.7 Å². The summed E-state index contributed by atoms with van der Waals surface area (Å²) in [7, 11) is 1.65. The SMILES string of the molecule is COCCn1c(C2CCCN2c2ccc(C3CC3)nn2)nc2ccccc2c1=O. The molecule has 1 aliphatic carbocycles. The van der Waals surface area contributed by atoms with Crippen LogP contribution in [0.4, 0.5) is 5.82 Å². The maximum Gasteiger partial charge on any atom is 0.261 e. The van der Waals surface area contributed by atoms with E-state index in [9.17, 15) is 4.79 Å². The van der Waals surface area contributed by atoms with E-state index in [2.05, 4.69) is 27.2 Å². The van der Waals surface area contributed by atoms with Gasteiger partial charge in [-0.25, -0.2) is 4.98 Å². The first-order valence-electron chi connectivity index (χ1n) is 10.3. The summed E-state index contributed by atoms with van der Waals surface area (Å²) < 4.78 is 7.04. The lowest BCUT2D eigenvalue weighted by atomic mass is 10.1. The van der Waals surface area contributed by atoms with Crippen molar-refractivity contribution in [2.45, 2.75) is 44.2 Å². The molecule has 2 aliphatic rings. The molecule has 5 rings (SSSR count). The molecule has 0 N–H and O–H groups in total. The van der Waals surface area contributed by atoms with Gasteiger partial charge >= 0.3 is 0 Å². The Labute approximate surface area is 169 Å². The Morgan fingerprint density at radius 1 is 1.10 bits per heavy atom. The first kappa shape index (κ1) is 18.2. The van der Waals surface area contributed by atoms with E-state index in [4.69, 9.17) is 9.72 Å². The fraction of sp³-hybridized carbons (Fsp3) is 0.455. The molecule has 1 saturated carbocycles. The van der Waals surface area contributed by atoms with E-state index in [1.165, 1.54) is 12.8 Å². The lowest BCUT2D eigenvalue weighted by molar-refractivity contribution is 0.184. The zero-order valence-electron chi connectivity index (χ0n) is 16.6. The molecule has 0 bridgehead atoms. The van der Waals surface area contributed by atoms with E-state index < -0.39 is 0 Å². The maximum absolute atomic E-state index is 13.2. The molecule has 7 nitrogen and oxygen atoms in total. The monoisotopic (exact) mass is 391 g/mol. The van der Waals surface area contributed by atoms with E-state index in [-0.39, 0.29) is 11.6 Å². The molecular formula is C22H25N5O2. The van der Waals surface area contributed by atoms with Gasteiger partial charge in [0.15, 0.2) is 5.82 Å². The fourth-order valence-electron chi connectivity index (χ4n) is 4.23. The molecule has 0 amide bonds. The normalized spacial score (nSPS) is 19.2. The number of anilines is 1. The van der Waals surface area contributed by atoms with Gasteiger partial charge < -0.3 is 9.64 Å². The first-order valence-corrected chi connectivity index (χ1v) is 10.3. The lowest BCUT2D eigenvalue weighted by Gasteiger charge is -2.27. The van der Waals surface area contributed by atoms with Crippen LogP contribution in [-0.2, 0) is 11.3 Å². The summed E-state index contributed by atoms with van der Waals surface area (Å²) in [5, 5.41) is 9.61. The number of fused-ring (bicyclic) bond motifs is 1. The van der Waals surface area contributed by atoms with Gasteiger partial charge in [-0.1, -0.05) is 12.1 Å². The summed E-state index contributed by atoms with van der Waals surface area (Å²) in [5.41, 5.74) is 1.82. The first-order chi connectivity index (χ1) is 14.3. The zero-order valence-corrected chi connectivity index (χ0v) is 16.6. The van der Waals surface area contributed by atoms with Gasteiger partial charge in [-0.15, -0.1) is 5.10 Å². The van der Waals surface area contributed by atoms with E-state index in [1.54, 1.807) is 11.7 Å². The Morgan fingerprint density at radius 3 is 2.72 bits per heavy atom. The van der Waals surface area contributed by atoms with Crippen LogP contribution in [0, 0.1) is 0 Å². The molecule has 1 aromatic carbocycles. The molecule has 2 fully saturated rings. The van der Waals surface area contributed by atoms with Crippen molar-refractivity contribution in [1.29, 1.82) is 0 Å². The Hall–Kier alpha value is -2.80. The minimum atomic E-state index is -0.00957. The summed E-state index contributed by atoms with van der Waals surface area (Å²) in [6.45, 7) is 1.84. The van der Waals surface area contributed by atoms with Crippen molar-refractivity contribution < 1.29 is 4.74 Å². The molecule has 150 valence electrons. The summed E-state index contributed by atoms with van der Waals surface area (Å²) >= 11 is 0. The summed E-state index contributed by atoms with van der Waals surface area (Å²) in [6, 6.07) is 11.7. The molecule has 0 spiro atoms. The number of rotatable bonds is 6. The van der Waals surface area contributed by atoms with Gasteiger partial charge in [0.2, 0.25) is 0 Å². The molecule has 1 unspecified atom stereocenters. The molecule has 0 radical (unpaired) electrons. The molecular weight excluding hydrogens is 366 g/mol. The maximum atomic E-state index is 13.2. The minimum Gasteiger partial charge on any atom is -0.383 e. The van der Waals surface area contributed by atoms with Crippen LogP contribution >= 0.6 is 0 Å². The highest BCUT2D eigenvalue weighted by atomic mass is 16.5. The number of aromatic nitrogens is 4. The second kappa shape index (κ2) is 7.55. The highest BCUT2D eigenvalue weighted by molar-refractivity contribution is 5.77. The predicted octanol–water partition coefficient (Wildman–Crippen LogP) is 3.05. The van der Waals surface area contributed by atoms with Crippen LogP contribution in [-0.4, -0.2) is 40.0 Å². The van der Waals surface area contributed by atoms with Crippen LogP contribution in [0.1, 0.15) is 49.2 Å². The number of nitrogens with zero attached hydrogens (tertiary/aromatic N) is 5. The molecule has 7 heteroatoms. The molecule has 3 aromatic rings. The van der Waals surface area contributed by atoms with Gasteiger partial charge in [0.1, 0.15) is 5.82 Å². The lowest BCUT2D eigenvalue weighted by Crippen LogP contribution is -2.33. The molecule has 1 aliphatic heterocycles. The second-order valence-electron chi connectivity index (χ2n) is 7.88.